The molecule has 0 aromatic rings. The Hall–Kier alpha value is -1.51. The second-order valence-corrected chi connectivity index (χ2v) is 0.367. The Bertz CT molecular complexity index is 78.7. The third-order valence-corrected chi connectivity index (χ3v) is 0. The van der Waals surface area contributed by atoms with E-state index in [9.17, 15) is 0 Å². The Morgan fingerprint density at radius 1 is 2.00 bits per heavy atom. The molecular weight excluding hydrogens is 102 g/mol. The van der Waals surface area contributed by atoms with Crippen LogP contribution >= 0.6 is 0 Å². The van der Waals surface area contributed by atoms with E-state index in [1.807, 2.05) is 0 Å². The van der Waals surface area contributed by atoms with Gasteiger partial charge in [0.1, 0.15) is 0 Å². The lowest BCUT2D eigenvalue weighted by atomic mass is 11.5. The largest absolute Gasteiger partial charge is 0.337 e. The first-order chi connectivity index (χ1) is 3.15. The van der Waals surface area contributed by atoms with E-state index in [0.717, 1.165) is 0 Å². The highest BCUT2D eigenvalue weighted by atomic mass is 16.9. The van der Waals surface area contributed by atoms with Crippen molar-refractivity contribution in [2.45, 2.75) is 0 Å². The minimum Gasteiger partial charge on any atom is -0.337 e. The molecule has 0 rings (SSSR count). The molecule has 0 unspecified atom stereocenters. The van der Waals surface area contributed by atoms with Crippen molar-refractivity contribution in [1.29, 1.82) is 5.26 Å². The van der Waals surface area contributed by atoms with Gasteiger partial charge in [-0.3, -0.25) is 0 Å². The number of nitrogens with zero attached hydrogens (tertiary/aromatic N) is 2. The van der Waals surface area contributed by atoms with Crippen molar-refractivity contribution in [1.82, 2.24) is 0 Å². The summed E-state index contributed by atoms with van der Waals surface area (Å²) in [5.41, 5.74) is 4.15. The van der Waals surface area contributed by atoms with E-state index in [2.05, 4.69) is 5.73 Å². The lowest BCUT2D eigenvalue weighted by molar-refractivity contribution is -0.742. The van der Waals surface area contributed by atoms with Crippen molar-refractivity contribution in [2.24, 2.45) is 5.73 Å². The summed E-state index contributed by atoms with van der Waals surface area (Å²) in [6, 6.07) is 0. The van der Waals surface area contributed by atoms with Crippen LogP contribution in [0.3, 0.4) is 0 Å². The van der Waals surface area contributed by atoms with Gasteiger partial charge in [-0.25, -0.2) is 0 Å². The summed E-state index contributed by atoms with van der Waals surface area (Å²) in [6.45, 7) is 0. The molecular formula is CH3N3O3. The Labute approximate surface area is 38.9 Å². The fourth-order valence-electron chi connectivity index (χ4n) is 0. The van der Waals surface area contributed by atoms with Crippen molar-refractivity contribution in [2.75, 3.05) is 0 Å². The summed E-state index contributed by atoms with van der Waals surface area (Å²) in [5, 5.41) is 20.7. The molecule has 0 radical (unpaired) electrons. The summed E-state index contributed by atoms with van der Waals surface area (Å²) < 4.78 is 0. The number of nitriles is 1. The van der Waals surface area contributed by atoms with Crippen molar-refractivity contribution < 1.29 is 10.3 Å². The van der Waals surface area contributed by atoms with Crippen LogP contribution in [0, 0.1) is 21.6 Å². The molecule has 0 aliphatic heterocycles. The molecule has 0 atom stereocenters. The van der Waals surface area contributed by atoms with Crippen LogP contribution in [0.1, 0.15) is 0 Å². The molecule has 0 amide bonds. The molecule has 0 aliphatic rings. The van der Waals surface area contributed by atoms with E-state index in [1.165, 1.54) is 6.19 Å². The normalized spacial score (nSPS) is 4.43. The predicted octanol–water partition coefficient (Wildman–Crippen LogP) is -0.922. The average Bonchev–Trinajstić information content (AvgIpc) is 1.33. The van der Waals surface area contributed by atoms with Gasteiger partial charge in [-0.2, -0.15) is 5.26 Å². The van der Waals surface area contributed by atoms with Gasteiger partial charge in [0.05, 0.1) is 0 Å². The van der Waals surface area contributed by atoms with E-state index in [1.54, 1.807) is 0 Å². The third kappa shape index (κ3) is 12.2. The van der Waals surface area contributed by atoms with E-state index in [0.29, 0.717) is 0 Å². The average molecular weight is 105 g/mol. The molecule has 6 heteroatoms. The maximum Gasteiger partial charge on any atom is 0.291 e. The predicted molar refractivity (Wildman–Crippen MR) is 18.6 cm³/mol. The summed E-state index contributed by atoms with van der Waals surface area (Å²) >= 11 is 0. The summed E-state index contributed by atoms with van der Waals surface area (Å²) in [4.78, 5) is 8.36. The minimum absolute atomic E-state index is 1.25. The summed E-state index contributed by atoms with van der Waals surface area (Å²) in [6.07, 6.45) is 1.25. The summed E-state index contributed by atoms with van der Waals surface area (Å²) in [5.74, 6) is 0. The fraction of sp³-hybridized carbons (Fsp3) is 0. The highest BCUT2D eigenvalue weighted by Gasteiger charge is 1.65. The molecule has 3 N–H and O–H groups in total. The number of hydrogen-bond donors (Lipinski definition) is 2. The Morgan fingerprint density at radius 3 is 2.00 bits per heavy atom. The molecule has 0 spiro atoms. The van der Waals surface area contributed by atoms with Gasteiger partial charge in [0.25, 0.3) is 5.09 Å². The van der Waals surface area contributed by atoms with E-state index in [-0.39, 0.29) is 0 Å². The molecule has 0 aromatic heterocycles. The minimum atomic E-state index is -1.50. The number of rotatable bonds is 0. The van der Waals surface area contributed by atoms with Crippen LogP contribution in [0.2, 0.25) is 0 Å². The third-order valence-electron chi connectivity index (χ3n) is 0. The highest BCUT2D eigenvalue weighted by molar-refractivity contribution is 4.46. The van der Waals surface area contributed by atoms with Gasteiger partial charge < -0.3 is 10.9 Å². The first kappa shape index (κ1) is 9.09. The molecule has 0 saturated heterocycles. The first-order valence-electron chi connectivity index (χ1n) is 1.08. The lowest BCUT2D eigenvalue weighted by Crippen LogP contribution is -1.81. The molecule has 0 saturated carbocycles. The molecule has 0 aromatic carbocycles. The van der Waals surface area contributed by atoms with Gasteiger partial charge >= 0.3 is 0 Å². The van der Waals surface area contributed by atoms with Crippen LogP contribution in [-0.4, -0.2) is 10.3 Å². The molecule has 0 fully saturated rings. The van der Waals surface area contributed by atoms with Crippen LogP contribution in [0.25, 0.3) is 0 Å². The van der Waals surface area contributed by atoms with Crippen molar-refractivity contribution in [3.05, 3.63) is 10.1 Å². The molecule has 6 nitrogen and oxygen atoms in total. The van der Waals surface area contributed by atoms with Crippen LogP contribution in [0.4, 0.5) is 0 Å². The van der Waals surface area contributed by atoms with E-state index >= 15 is 0 Å². The second kappa shape index (κ2) is 8.82. The molecule has 40 valence electrons. The first-order valence-corrected chi connectivity index (χ1v) is 1.08. The smallest absolute Gasteiger partial charge is 0.291 e. The van der Waals surface area contributed by atoms with E-state index < -0.39 is 5.09 Å². The van der Waals surface area contributed by atoms with Gasteiger partial charge in [-0.1, -0.05) is 0 Å². The number of hydrogen-bond acceptors (Lipinski definition) is 4. The maximum atomic E-state index is 8.36. The quantitative estimate of drug-likeness (QED) is 0.179. The highest BCUT2D eigenvalue weighted by Crippen LogP contribution is 1.38. The Kier molecular flexibility index (Phi) is 11.5. The van der Waals surface area contributed by atoms with Gasteiger partial charge in [0.2, 0.25) is 0 Å². The van der Waals surface area contributed by atoms with Crippen molar-refractivity contribution in [3.63, 3.8) is 0 Å². The van der Waals surface area contributed by atoms with Crippen molar-refractivity contribution >= 4 is 0 Å². The molecule has 0 bridgehead atoms. The van der Waals surface area contributed by atoms with Crippen LogP contribution in [0.5, 0.6) is 0 Å². The molecule has 0 heterocycles. The van der Waals surface area contributed by atoms with Gasteiger partial charge in [0.15, 0.2) is 6.19 Å². The topological polar surface area (TPSA) is 113 Å². The summed E-state index contributed by atoms with van der Waals surface area (Å²) in [7, 11) is 0. The monoisotopic (exact) mass is 105 g/mol. The van der Waals surface area contributed by atoms with Crippen LogP contribution in [-0.2, 0) is 0 Å². The lowest BCUT2D eigenvalue weighted by Gasteiger charge is -1.56. The SMILES string of the molecule is N#CN.O=[N+]([O-])O. The van der Waals surface area contributed by atoms with Crippen LogP contribution in [0.15, 0.2) is 0 Å². The zero-order valence-electron chi connectivity index (χ0n) is 3.24. The van der Waals surface area contributed by atoms with Gasteiger partial charge in [0, 0.05) is 0 Å². The van der Waals surface area contributed by atoms with Gasteiger partial charge in [-0.15, -0.1) is 10.1 Å². The van der Waals surface area contributed by atoms with Gasteiger partial charge in [-0.05, 0) is 0 Å². The molecule has 0 aliphatic carbocycles. The van der Waals surface area contributed by atoms with Crippen LogP contribution < -0.4 is 5.73 Å². The molecule has 7 heavy (non-hydrogen) atoms. The van der Waals surface area contributed by atoms with E-state index in [4.69, 9.17) is 20.6 Å². The zero-order chi connectivity index (χ0) is 6.28. The maximum absolute atomic E-state index is 8.36. The number of nitrogens with two attached hydrogens (primary N) is 1. The fourth-order valence-corrected chi connectivity index (χ4v) is 0. The zero-order valence-corrected chi connectivity index (χ0v) is 3.24. The van der Waals surface area contributed by atoms with Crippen molar-refractivity contribution in [3.8, 4) is 6.19 Å². The standard InChI is InChI=1S/CH2N2.HNO3/c2-1-3;2-1(3)4/h2H2;(H,2,3,4). The Morgan fingerprint density at radius 2 is 2.00 bits per heavy atom. The Balaban J connectivity index is 0. The second-order valence-electron chi connectivity index (χ2n) is 0.367.